The first-order chi connectivity index (χ1) is 7.69. The van der Waals surface area contributed by atoms with Gasteiger partial charge in [-0.25, -0.2) is 0 Å². The highest BCUT2D eigenvalue weighted by Crippen LogP contribution is 2.46. The Bertz CT molecular complexity index is 493. The predicted octanol–water partition coefficient (Wildman–Crippen LogP) is 3.72. The van der Waals surface area contributed by atoms with Crippen molar-refractivity contribution in [2.45, 2.75) is 19.3 Å². The van der Waals surface area contributed by atoms with Crippen molar-refractivity contribution in [1.82, 2.24) is 0 Å². The van der Waals surface area contributed by atoms with Crippen molar-refractivity contribution in [3.8, 4) is 11.5 Å². The first kappa shape index (κ1) is 9.46. The van der Waals surface area contributed by atoms with Gasteiger partial charge in [-0.3, -0.25) is 0 Å². The molecule has 0 N–H and O–H groups in total. The van der Waals surface area contributed by atoms with Gasteiger partial charge in [-0.15, -0.1) is 0 Å². The number of hydrogen-bond acceptors (Lipinski definition) is 1. The highest BCUT2D eigenvalue weighted by Gasteiger charge is 2.33. The zero-order valence-electron chi connectivity index (χ0n) is 9.37. The van der Waals surface area contributed by atoms with Gasteiger partial charge in [-0.05, 0) is 0 Å². The first-order valence-corrected chi connectivity index (χ1v) is 5.40. The summed E-state index contributed by atoms with van der Waals surface area (Å²) in [5, 5.41) is 0. The van der Waals surface area contributed by atoms with E-state index in [1.165, 1.54) is 11.1 Å². The molecule has 0 spiro atoms. The van der Waals surface area contributed by atoms with Crippen LogP contribution in [0.25, 0.3) is 0 Å². The van der Waals surface area contributed by atoms with E-state index in [1.807, 2.05) is 24.3 Å². The summed E-state index contributed by atoms with van der Waals surface area (Å²) in [6.07, 6.45) is 0. The van der Waals surface area contributed by atoms with E-state index in [1.54, 1.807) is 0 Å². The van der Waals surface area contributed by atoms with Crippen molar-refractivity contribution < 1.29 is 4.74 Å². The fourth-order valence-corrected chi connectivity index (χ4v) is 2.24. The second-order valence-electron chi connectivity index (χ2n) is 4.55. The molecular weight excluding hydrogens is 196 g/mol. The number of fused-ring (bicyclic) bond motifs is 2. The zero-order valence-corrected chi connectivity index (χ0v) is 9.37. The molecule has 0 atom stereocenters. The summed E-state index contributed by atoms with van der Waals surface area (Å²) in [5.74, 6) is 1.64. The van der Waals surface area contributed by atoms with E-state index in [0.717, 1.165) is 11.5 Å². The summed E-state index contributed by atoms with van der Waals surface area (Å²) in [4.78, 5) is 0. The molecule has 2 radical (unpaired) electrons. The van der Waals surface area contributed by atoms with Crippen LogP contribution in [-0.4, -0.2) is 0 Å². The van der Waals surface area contributed by atoms with E-state index in [9.17, 15) is 0 Å². The second kappa shape index (κ2) is 3.11. The van der Waals surface area contributed by atoms with Crippen molar-refractivity contribution in [2.24, 2.45) is 0 Å². The van der Waals surface area contributed by atoms with Crippen LogP contribution in [0, 0.1) is 12.1 Å². The normalized spacial score (nSPS) is 15.9. The van der Waals surface area contributed by atoms with Crippen LogP contribution in [0.1, 0.15) is 25.0 Å². The lowest BCUT2D eigenvalue weighted by Gasteiger charge is -2.33. The Morgan fingerprint density at radius 3 is 1.94 bits per heavy atom. The van der Waals surface area contributed by atoms with E-state index >= 15 is 0 Å². The quantitative estimate of drug-likeness (QED) is 0.641. The molecule has 0 amide bonds. The van der Waals surface area contributed by atoms with Gasteiger partial charge in [-0.2, -0.15) is 0 Å². The molecule has 2 aromatic rings. The van der Waals surface area contributed by atoms with E-state index in [-0.39, 0.29) is 5.41 Å². The lowest BCUT2D eigenvalue weighted by atomic mass is 9.76. The fourth-order valence-electron chi connectivity index (χ4n) is 2.24. The molecule has 1 heterocycles. The van der Waals surface area contributed by atoms with Crippen molar-refractivity contribution in [3.05, 3.63) is 59.7 Å². The summed E-state index contributed by atoms with van der Waals surface area (Å²) in [5.41, 5.74) is 2.32. The molecule has 0 aliphatic carbocycles. The number of rotatable bonds is 0. The fraction of sp³-hybridized carbons (Fsp3) is 0.200. The average Bonchev–Trinajstić information content (AvgIpc) is 2.29. The Morgan fingerprint density at radius 1 is 0.938 bits per heavy atom. The van der Waals surface area contributed by atoms with Crippen molar-refractivity contribution in [1.29, 1.82) is 0 Å². The second-order valence-corrected chi connectivity index (χ2v) is 4.55. The third kappa shape index (κ3) is 1.18. The summed E-state index contributed by atoms with van der Waals surface area (Å²) in [7, 11) is 0. The molecule has 78 valence electrons. The molecule has 3 rings (SSSR count). The van der Waals surface area contributed by atoms with Crippen LogP contribution in [0.5, 0.6) is 11.5 Å². The molecule has 1 aliphatic heterocycles. The third-order valence-corrected chi connectivity index (χ3v) is 3.19. The highest BCUT2D eigenvalue weighted by molar-refractivity contribution is 5.55. The van der Waals surface area contributed by atoms with Gasteiger partial charge in [0.2, 0.25) is 0 Å². The standard InChI is InChI=1S/C15H12O/c1-15(2)11-7-3-5-9-13(11)16-14-10-6-4-8-12(14)15/h3-8H,1-2H3. The van der Waals surface area contributed by atoms with Crippen LogP contribution in [0.3, 0.4) is 0 Å². The number of para-hydroxylation sites is 2. The Balaban J connectivity index is 2.28. The third-order valence-electron chi connectivity index (χ3n) is 3.19. The molecule has 0 saturated heterocycles. The van der Waals surface area contributed by atoms with Gasteiger partial charge in [0.25, 0.3) is 0 Å². The van der Waals surface area contributed by atoms with Gasteiger partial charge in [0, 0.05) is 28.7 Å². The van der Waals surface area contributed by atoms with Gasteiger partial charge in [0.15, 0.2) is 0 Å². The zero-order chi connectivity index (χ0) is 11.2. The molecule has 1 nitrogen and oxygen atoms in total. The maximum absolute atomic E-state index is 5.80. The lowest BCUT2D eigenvalue weighted by molar-refractivity contribution is 0.416. The molecular formula is C15H12O. The Morgan fingerprint density at radius 2 is 1.44 bits per heavy atom. The van der Waals surface area contributed by atoms with Crippen molar-refractivity contribution in [2.75, 3.05) is 0 Å². The van der Waals surface area contributed by atoms with Crippen LogP contribution in [-0.2, 0) is 5.41 Å². The minimum Gasteiger partial charge on any atom is -0.455 e. The summed E-state index contributed by atoms with van der Waals surface area (Å²) in [6, 6.07) is 18.2. The molecule has 16 heavy (non-hydrogen) atoms. The smallest absolute Gasteiger partial charge is 0.139 e. The molecule has 0 aromatic heterocycles. The van der Waals surface area contributed by atoms with Crippen LogP contribution >= 0.6 is 0 Å². The van der Waals surface area contributed by atoms with E-state index in [0.29, 0.717) is 0 Å². The number of hydrogen-bond donors (Lipinski definition) is 0. The highest BCUT2D eigenvalue weighted by atomic mass is 16.5. The molecule has 0 saturated carbocycles. The van der Waals surface area contributed by atoms with Crippen LogP contribution in [0.15, 0.2) is 36.4 Å². The Hall–Kier alpha value is -1.76. The summed E-state index contributed by atoms with van der Waals surface area (Å²) < 4.78 is 5.80. The maximum Gasteiger partial charge on any atom is 0.139 e. The molecule has 0 fully saturated rings. The average molecular weight is 208 g/mol. The molecule has 0 bridgehead atoms. The lowest BCUT2D eigenvalue weighted by Crippen LogP contribution is -2.24. The van der Waals surface area contributed by atoms with Gasteiger partial charge < -0.3 is 4.74 Å². The molecule has 2 aromatic carbocycles. The van der Waals surface area contributed by atoms with Crippen molar-refractivity contribution >= 4 is 0 Å². The van der Waals surface area contributed by atoms with Gasteiger partial charge in [0.1, 0.15) is 11.5 Å². The van der Waals surface area contributed by atoms with Crippen molar-refractivity contribution in [3.63, 3.8) is 0 Å². The monoisotopic (exact) mass is 208 g/mol. The van der Waals surface area contributed by atoms with Crippen LogP contribution in [0.2, 0.25) is 0 Å². The van der Waals surface area contributed by atoms with Crippen LogP contribution in [0.4, 0.5) is 0 Å². The Labute approximate surface area is 95.7 Å². The number of benzene rings is 2. The molecule has 0 unspecified atom stereocenters. The van der Waals surface area contributed by atoms with E-state index < -0.39 is 0 Å². The summed E-state index contributed by atoms with van der Waals surface area (Å²) in [6.45, 7) is 4.41. The Kier molecular flexibility index (Phi) is 1.84. The van der Waals surface area contributed by atoms with Gasteiger partial charge >= 0.3 is 0 Å². The van der Waals surface area contributed by atoms with Gasteiger partial charge in [-0.1, -0.05) is 50.2 Å². The van der Waals surface area contributed by atoms with Crippen LogP contribution < -0.4 is 4.74 Å². The predicted molar refractivity (Wildman–Crippen MR) is 62.8 cm³/mol. The summed E-state index contributed by atoms with van der Waals surface area (Å²) >= 11 is 0. The largest absolute Gasteiger partial charge is 0.455 e. The molecule has 1 heteroatoms. The first-order valence-electron chi connectivity index (χ1n) is 5.40. The molecule has 1 aliphatic rings. The number of ether oxygens (including phenoxy) is 1. The minimum absolute atomic E-state index is 0.0432. The van der Waals surface area contributed by atoms with E-state index in [4.69, 9.17) is 4.74 Å². The maximum atomic E-state index is 5.80. The minimum atomic E-state index is -0.0432. The topological polar surface area (TPSA) is 9.23 Å². The van der Waals surface area contributed by atoms with Gasteiger partial charge in [0.05, 0.1) is 0 Å². The van der Waals surface area contributed by atoms with E-state index in [2.05, 4.69) is 38.1 Å². The SMILES string of the molecule is CC1(C)c2ccc[c]c2Oc2[c]cccc21.